The molecule has 0 aliphatic carbocycles. The van der Waals surface area contributed by atoms with E-state index in [4.69, 9.17) is 17.3 Å². The molecular formula is C15H23ClN2. The zero-order chi connectivity index (χ0) is 13.2. The van der Waals surface area contributed by atoms with Crippen LogP contribution in [0.15, 0.2) is 24.3 Å². The summed E-state index contributed by atoms with van der Waals surface area (Å²) in [7, 11) is 0. The van der Waals surface area contributed by atoms with Gasteiger partial charge in [-0.25, -0.2) is 0 Å². The maximum Gasteiger partial charge on any atom is 0.0426 e. The van der Waals surface area contributed by atoms with E-state index in [1.807, 2.05) is 12.1 Å². The molecule has 0 radical (unpaired) electrons. The van der Waals surface area contributed by atoms with Gasteiger partial charge in [-0.3, -0.25) is 0 Å². The number of anilines is 1. The molecule has 0 bridgehead atoms. The fourth-order valence-electron chi connectivity index (χ4n) is 3.14. The number of hydrogen-bond acceptors (Lipinski definition) is 2. The highest BCUT2D eigenvalue weighted by Crippen LogP contribution is 2.37. The van der Waals surface area contributed by atoms with E-state index in [-0.39, 0.29) is 5.54 Å². The lowest BCUT2D eigenvalue weighted by molar-refractivity contribution is 0.264. The molecule has 0 aromatic heterocycles. The number of benzene rings is 1. The first kappa shape index (κ1) is 13.7. The highest BCUT2D eigenvalue weighted by Gasteiger charge is 2.34. The van der Waals surface area contributed by atoms with Gasteiger partial charge in [-0.1, -0.05) is 17.7 Å². The molecule has 1 atom stereocenters. The Kier molecular flexibility index (Phi) is 4.18. The van der Waals surface area contributed by atoms with E-state index in [1.165, 1.54) is 18.5 Å². The molecule has 100 valence electrons. The van der Waals surface area contributed by atoms with Crippen LogP contribution < -0.4 is 10.6 Å². The highest BCUT2D eigenvalue weighted by atomic mass is 35.5. The van der Waals surface area contributed by atoms with Crippen LogP contribution in [0.25, 0.3) is 0 Å². The minimum absolute atomic E-state index is 0.183. The Balaban J connectivity index is 2.15. The maximum absolute atomic E-state index is 6.09. The van der Waals surface area contributed by atoms with E-state index >= 15 is 0 Å². The lowest BCUT2D eigenvalue weighted by Crippen LogP contribution is -2.50. The second-order valence-corrected chi connectivity index (χ2v) is 6.32. The van der Waals surface area contributed by atoms with Gasteiger partial charge in [0.25, 0.3) is 0 Å². The van der Waals surface area contributed by atoms with Crippen LogP contribution in [0.1, 0.15) is 33.1 Å². The number of halogens is 1. The molecule has 1 aliphatic rings. The lowest BCUT2D eigenvalue weighted by atomic mass is 9.80. The maximum atomic E-state index is 6.09. The molecular weight excluding hydrogens is 244 g/mol. The molecule has 2 nitrogen and oxygen atoms in total. The van der Waals surface area contributed by atoms with Gasteiger partial charge in [-0.05, 0) is 63.8 Å². The van der Waals surface area contributed by atoms with Crippen LogP contribution in [-0.4, -0.2) is 18.6 Å². The molecule has 1 aliphatic heterocycles. The van der Waals surface area contributed by atoms with Crippen LogP contribution in [0.4, 0.5) is 5.69 Å². The summed E-state index contributed by atoms with van der Waals surface area (Å²) in [6.45, 7) is 6.53. The van der Waals surface area contributed by atoms with E-state index in [2.05, 4.69) is 30.9 Å². The van der Waals surface area contributed by atoms with E-state index in [0.717, 1.165) is 30.5 Å². The van der Waals surface area contributed by atoms with Crippen LogP contribution in [0.2, 0.25) is 5.02 Å². The number of hydrogen-bond donors (Lipinski definition) is 1. The van der Waals surface area contributed by atoms with Gasteiger partial charge < -0.3 is 10.6 Å². The Labute approximate surface area is 115 Å². The third-order valence-corrected chi connectivity index (χ3v) is 4.21. The Morgan fingerprint density at radius 2 is 2.22 bits per heavy atom. The van der Waals surface area contributed by atoms with Crippen molar-refractivity contribution in [2.24, 2.45) is 11.7 Å². The summed E-state index contributed by atoms with van der Waals surface area (Å²) in [4.78, 5) is 2.48. The summed E-state index contributed by atoms with van der Waals surface area (Å²) in [6, 6.07) is 8.17. The average Bonchev–Trinajstić information content (AvgIpc) is 2.28. The molecule has 1 aromatic carbocycles. The third-order valence-electron chi connectivity index (χ3n) is 3.97. The molecule has 1 saturated heterocycles. The minimum Gasteiger partial charge on any atom is -0.366 e. The Hall–Kier alpha value is -0.730. The zero-order valence-electron chi connectivity index (χ0n) is 11.3. The van der Waals surface area contributed by atoms with Gasteiger partial charge in [-0.15, -0.1) is 0 Å². The fourth-order valence-corrected chi connectivity index (χ4v) is 3.32. The molecule has 18 heavy (non-hydrogen) atoms. The van der Waals surface area contributed by atoms with E-state index in [1.54, 1.807) is 0 Å². The van der Waals surface area contributed by atoms with Gasteiger partial charge in [-0.2, -0.15) is 0 Å². The Morgan fingerprint density at radius 1 is 1.44 bits per heavy atom. The van der Waals surface area contributed by atoms with Crippen molar-refractivity contribution in [3.05, 3.63) is 29.3 Å². The first-order valence-corrected chi connectivity index (χ1v) is 7.14. The van der Waals surface area contributed by atoms with E-state index in [0.29, 0.717) is 0 Å². The molecule has 0 spiro atoms. The number of rotatable bonds is 3. The van der Waals surface area contributed by atoms with Crippen molar-refractivity contribution in [3.8, 4) is 0 Å². The molecule has 0 saturated carbocycles. The molecule has 3 heteroatoms. The normalized spacial score (nSPS) is 23.1. The van der Waals surface area contributed by atoms with Crippen molar-refractivity contribution in [1.29, 1.82) is 0 Å². The summed E-state index contributed by atoms with van der Waals surface area (Å²) in [5, 5.41) is 0.812. The molecule has 1 unspecified atom stereocenters. The van der Waals surface area contributed by atoms with Crippen molar-refractivity contribution in [3.63, 3.8) is 0 Å². The first-order valence-electron chi connectivity index (χ1n) is 6.76. The smallest absolute Gasteiger partial charge is 0.0426 e. The van der Waals surface area contributed by atoms with Crippen molar-refractivity contribution >= 4 is 17.3 Å². The molecule has 1 aromatic rings. The lowest BCUT2D eigenvalue weighted by Gasteiger charge is -2.47. The number of nitrogens with two attached hydrogens (primary N) is 1. The van der Waals surface area contributed by atoms with Gasteiger partial charge in [0.05, 0.1) is 0 Å². The van der Waals surface area contributed by atoms with Gasteiger partial charge in [0.15, 0.2) is 0 Å². The zero-order valence-corrected chi connectivity index (χ0v) is 12.1. The summed E-state index contributed by atoms with van der Waals surface area (Å²) in [5.74, 6) is 0.764. The van der Waals surface area contributed by atoms with Crippen LogP contribution >= 0.6 is 11.6 Å². The topological polar surface area (TPSA) is 29.3 Å². The van der Waals surface area contributed by atoms with E-state index in [9.17, 15) is 0 Å². The molecule has 0 amide bonds. The SMILES string of the molecule is CC1(C)CC(CCN)CCN1c1cccc(Cl)c1. The van der Waals surface area contributed by atoms with Gasteiger partial charge in [0, 0.05) is 22.8 Å². The fraction of sp³-hybridized carbons (Fsp3) is 0.600. The highest BCUT2D eigenvalue weighted by molar-refractivity contribution is 6.30. The molecule has 1 heterocycles. The van der Waals surface area contributed by atoms with Gasteiger partial charge >= 0.3 is 0 Å². The first-order chi connectivity index (χ1) is 8.53. The predicted octanol–water partition coefficient (Wildman–Crippen LogP) is 3.68. The van der Waals surface area contributed by atoms with Crippen molar-refractivity contribution < 1.29 is 0 Å². The Bertz CT molecular complexity index is 403. The summed E-state index contributed by atoms with van der Waals surface area (Å²) >= 11 is 6.09. The molecule has 2 N–H and O–H groups in total. The number of piperidine rings is 1. The predicted molar refractivity (Wildman–Crippen MR) is 79.3 cm³/mol. The second-order valence-electron chi connectivity index (χ2n) is 5.88. The Morgan fingerprint density at radius 3 is 2.83 bits per heavy atom. The van der Waals surface area contributed by atoms with E-state index < -0.39 is 0 Å². The van der Waals surface area contributed by atoms with Crippen LogP contribution in [0.5, 0.6) is 0 Å². The quantitative estimate of drug-likeness (QED) is 0.904. The van der Waals surface area contributed by atoms with Gasteiger partial charge in [0.1, 0.15) is 0 Å². The molecule has 1 fully saturated rings. The van der Waals surface area contributed by atoms with Crippen molar-refractivity contribution in [2.45, 2.75) is 38.6 Å². The monoisotopic (exact) mass is 266 g/mol. The summed E-state index contributed by atoms with van der Waals surface area (Å²) in [6.07, 6.45) is 3.58. The van der Waals surface area contributed by atoms with Crippen LogP contribution in [0.3, 0.4) is 0 Å². The summed E-state index contributed by atoms with van der Waals surface area (Å²) < 4.78 is 0. The number of nitrogens with zero attached hydrogens (tertiary/aromatic N) is 1. The van der Waals surface area contributed by atoms with Crippen LogP contribution in [0, 0.1) is 5.92 Å². The minimum atomic E-state index is 0.183. The molecule has 2 rings (SSSR count). The van der Waals surface area contributed by atoms with Crippen LogP contribution in [-0.2, 0) is 0 Å². The standard InChI is InChI=1S/C15H23ClN2/c1-15(2)11-12(6-8-17)7-9-18(15)14-5-3-4-13(16)10-14/h3-5,10,12H,6-9,11,17H2,1-2H3. The second kappa shape index (κ2) is 5.50. The average molecular weight is 267 g/mol. The third kappa shape index (κ3) is 2.99. The van der Waals surface area contributed by atoms with Crippen molar-refractivity contribution in [1.82, 2.24) is 0 Å². The largest absolute Gasteiger partial charge is 0.366 e. The van der Waals surface area contributed by atoms with Crippen molar-refractivity contribution in [2.75, 3.05) is 18.0 Å². The summed E-state index contributed by atoms with van der Waals surface area (Å²) in [5.41, 5.74) is 7.10. The van der Waals surface area contributed by atoms with Gasteiger partial charge in [0.2, 0.25) is 0 Å².